The number of carbonyl (C=O) groups excluding carboxylic acids is 2. The summed E-state index contributed by atoms with van der Waals surface area (Å²) in [6.07, 6.45) is 6.48. The van der Waals surface area contributed by atoms with Gasteiger partial charge < -0.3 is 4.90 Å². The Bertz CT molecular complexity index is 652. The fourth-order valence-electron chi connectivity index (χ4n) is 3.82. The van der Waals surface area contributed by atoms with Gasteiger partial charge >= 0.3 is 0 Å². The Morgan fingerprint density at radius 3 is 2.50 bits per heavy atom. The zero-order valence-electron chi connectivity index (χ0n) is 14.1. The van der Waals surface area contributed by atoms with E-state index in [4.69, 9.17) is 0 Å². The van der Waals surface area contributed by atoms with Gasteiger partial charge in [-0.25, -0.2) is 13.4 Å². The van der Waals surface area contributed by atoms with Crippen molar-refractivity contribution in [2.75, 3.05) is 18.6 Å². The fourth-order valence-corrected chi connectivity index (χ4v) is 5.51. The molecule has 3 rings (SSSR count). The highest BCUT2D eigenvalue weighted by Gasteiger charge is 2.38. The minimum Gasteiger partial charge on any atom is -0.338 e. The van der Waals surface area contributed by atoms with E-state index in [1.54, 1.807) is 4.90 Å². The van der Waals surface area contributed by atoms with Crippen LogP contribution in [0.1, 0.15) is 51.4 Å². The van der Waals surface area contributed by atoms with Crippen LogP contribution >= 0.6 is 0 Å². The maximum Gasteiger partial charge on any atom is 0.270 e. The molecule has 0 aromatic heterocycles. The minimum absolute atomic E-state index is 0.0534. The summed E-state index contributed by atoms with van der Waals surface area (Å²) in [4.78, 5) is 26.6. The van der Waals surface area contributed by atoms with E-state index in [1.165, 1.54) is 11.4 Å². The molecule has 1 aliphatic carbocycles. The van der Waals surface area contributed by atoms with Crippen LogP contribution in [0.4, 0.5) is 0 Å². The van der Waals surface area contributed by atoms with E-state index < -0.39 is 15.9 Å². The third kappa shape index (κ3) is 3.63. The van der Waals surface area contributed by atoms with Gasteiger partial charge in [-0.1, -0.05) is 19.3 Å². The normalized spacial score (nSPS) is 27.9. The second-order valence-electron chi connectivity index (χ2n) is 7.05. The highest BCUT2D eigenvalue weighted by molar-refractivity contribution is 7.91. The number of hydrazone groups is 1. The van der Waals surface area contributed by atoms with Gasteiger partial charge in [0.05, 0.1) is 17.5 Å². The molecule has 0 radical (unpaired) electrons. The molecule has 2 aliphatic heterocycles. The lowest BCUT2D eigenvalue weighted by molar-refractivity contribution is -0.134. The second-order valence-corrected chi connectivity index (χ2v) is 9.28. The molecule has 0 spiro atoms. The van der Waals surface area contributed by atoms with Crippen molar-refractivity contribution in [3.05, 3.63) is 0 Å². The van der Waals surface area contributed by atoms with Gasteiger partial charge in [0.2, 0.25) is 5.91 Å². The summed E-state index contributed by atoms with van der Waals surface area (Å²) in [7, 11) is -1.29. The lowest BCUT2D eigenvalue weighted by atomic mass is 9.94. The summed E-state index contributed by atoms with van der Waals surface area (Å²) in [5.74, 6) is -0.279. The summed E-state index contributed by atoms with van der Waals surface area (Å²) >= 11 is 0. The molecule has 0 N–H and O–H groups in total. The van der Waals surface area contributed by atoms with Crippen LogP contribution in [0.2, 0.25) is 0 Å². The third-order valence-corrected chi connectivity index (χ3v) is 7.05. The zero-order chi connectivity index (χ0) is 17.3. The van der Waals surface area contributed by atoms with Gasteiger partial charge in [0.15, 0.2) is 9.84 Å². The van der Waals surface area contributed by atoms with Crippen LogP contribution in [0.25, 0.3) is 0 Å². The van der Waals surface area contributed by atoms with E-state index in [9.17, 15) is 18.0 Å². The maximum atomic E-state index is 12.7. The first-order valence-electron chi connectivity index (χ1n) is 8.74. The van der Waals surface area contributed by atoms with Crippen molar-refractivity contribution in [3.8, 4) is 0 Å². The van der Waals surface area contributed by atoms with Gasteiger partial charge in [-0.2, -0.15) is 5.10 Å². The molecule has 134 valence electrons. The molecule has 0 aromatic carbocycles. The zero-order valence-corrected chi connectivity index (χ0v) is 14.9. The third-order valence-electron chi connectivity index (χ3n) is 5.30. The van der Waals surface area contributed by atoms with Gasteiger partial charge in [0, 0.05) is 25.9 Å². The van der Waals surface area contributed by atoms with Crippen molar-refractivity contribution < 1.29 is 18.0 Å². The number of carbonyl (C=O) groups is 2. The summed E-state index contributed by atoms with van der Waals surface area (Å²) in [6, 6.07) is -0.183. The highest BCUT2D eigenvalue weighted by Crippen LogP contribution is 2.25. The molecule has 0 unspecified atom stereocenters. The Morgan fingerprint density at radius 2 is 1.88 bits per heavy atom. The number of rotatable bonds is 3. The van der Waals surface area contributed by atoms with Crippen LogP contribution in [0.15, 0.2) is 5.10 Å². The first kappa shape index (κ1) is 17.4. The fraction of sp³-hybridized carbons (Fsp3) is 0.812. The molecule has 0 aromatic rings. The molecule has 0 bridgehead atoms. The average Bonchev–Trinajstić information content (AvgIpc) is 2.94. The van der Waals surface area contributed by atoms with Crippen molar-refractivity contribution in [1.29, 1.82) is 0 Å². The van der Waals surface area contributed by atoms with E-state index in [-0.39, 0.29) is 35.8 Å². The Kier molecular flexibility index (Phi) is 4.94. The molecule has 1 atom stereocenters. The lowest BCUT2D eigenvalue weighted by Gasteiger charge is -2.33. The number of nitrogens with zero attached hydrogens (tertiary/aromatic N) is 3. The van der Waals surface area contributed by atoms with E-state index in [2.05, 4.69) is 5.10 Å². The van der Waals surface area contributed by atoms with Crippen molar-refractivity contribution in [2.24, 2.45) is 5.10 Å². The van der Waals surface area contributed by atoms with Crippen LogP contribution in [0.5, 0.6) is 0 Å². The molecule has 3 aliphatic rings. The van der Waals surface area contributed by atoms with Crippen LogP contribution in [-0.2, 0) is 19.4 Å². The van der Waals surface area contributed by atoms with Gasteiger partial charge in [0.1, 0.15) is 5.71 Å². The predicted octanol–water partition coefficient (Wildman–Crippen LogP) is 0.943. The second kappa shape index (κ2) is 6.82. The minimum atomic E-state index is -3.10. The number of amides is 2. The van der Waals surface area contributed by atoms with E-state index >= 15 is 0 Å². The predicted molar refractivity (Wildman–Crippen MR) is 90.2 cm³/mol. The Labute approximate surface area is 143 Å². The molecule has 2 amide bonds. The summed E-state index contributed by atoms with van der Waals surface area (Å²) < 4.78 is 23.3. The highest BCUT2D eigenvalue weighted by atomic mass is 32.2. The number of hydrogen-bond donors (Lipinski definition) is 0. The first-order chi connectivity index (χ1) is 11.4. The largest absolute Gasteiger partial charge is 0.338 e. The number of sulfone groups is 1. The van der Waals surface area contributed by atoms with E-state index in [0.29, 0.717) is 18.6 Å². The summed E-state index contributed by atoms with van der Waals surface area (Å²) in [6.45, 7) is 0. The molecule has 8 heteroatoms. The molecule has 7 nitrogen and oxygen atoms in total. The molecular weight excluding hydrogens is 330 g/mol. The average molecular weight is 355 g/mol. The van der Waals surface area contributed by atoms with Crippen LogP contribution in [-0.4, -0.2) is 66.5 Å². The van der Waals surface area contributed by atoms with Crippen molar-refractivity contribution in [3.63, 3.8) is 0 Å². The quantitative estimate of drug-likeness (QED) is 0.754. The van der Waals surface area contributed by atoms with Crippen LogP contribution in [0.3, 0.4) is 0 Å². The maximum absolute atomic E-state index is 12.7. The van der Waals surface area contributed by atoms with Crippen LogP contribution in [0, 0.1) is 0 Å². The van der Waals surface area contributed by atoms with Gasteiger partial charge in [-0.15, -0.1) is 0 Å². The van der Waals surface area contributed by atoms with Crippen LogP contribution < -0.4 is 0 Å². The Morgan fingerprint density at radius 1 is 1.17 bits per heavy atom. The van der Waals surface area contributed by atoms with Gasteiger partial charge in [-0.3, -0.25) is 9.59 Å². The molecule has 24 heavy (non-hydrogen) atoms. The summed E-state index contributed by atoms with van der Waals surface area (Å²) in [5, 5.41) is 5.53. The standard InChI is InChI=1S/C16H25N3O4S/c1-18(12-5-3-2-4-6-12)16(21)14-7-8-15(20)19(17-14)13-9-10-24(22,23)11-13/h12-13H,2-11H2,1H3/t13-/m0/s1. The SMILES string of the molecule is CN(C(=O)C1=NN([C@H]2CCS(=O)(=O)C2)C(=O)CC1)C1CCCCC1. The van der Waals surface area contributed by atoms with Crippen molar-refractivity contribution >= 4 is 27.4 Å². The smallest absolute Gasteiger partial charge is 0.270 e. The van der Waals surface area contributed by atoms with Crippen molar-refractivity contribution in [2.45, 2.75) is 63.5 Å². The monoisotopic (exact) mass is 355 g/mol. The first-order valence-corrected chi connectivity index (χ1v) is 10.6. The Balaban J connectivity index is 1.73. The summed E-state index contributed by atoms with van der Waals surface area (Å²) in [5.41, 5.74) is 0.381. The van der Waals surface area contributed by atoms with E-state index in [0.717, 1.165) is 25.7 Å². The molecule has 2 heterocycles. The molecule has 2 fully saturated rings. The number of hydrogen-bond acceptors (Lipinski definition) is 5. The molecular formula is C16H25N3O4S. The Hall–Kier alpha value is -1.44. The molecule has 1 saturated heterocycles. The van der Waals surface area contributed by atoms with Crippen molar-refractivity contribution in [1.82, 2.24) is 9.91 Å². The van der Waals surface area contributed by atoms with Gasteiger partial charge in [-0.05, 0) is 19.3 Å². The van der Waals surface area contributed by atoms with Gasteiger partial charge in [0.25, 0.3) is 5.91 Å². The topological polar surface area (TPSA) is 87.1 Å². The molecule has 1 saturated carbocycles. The van der Waals surface area contributed by atoms with E-state index in [1.807, 2.05) is 7.05 Å². The lowest BCUT2D eigenvalue weighted by Crippen LogP contribution is -2.46.